The van der Waals surface area contributed by atoms with E-state index >= 15 is 0 Å². The van der Waals surface area contributed by atoms with Crippen LogP contribution in [-0.2, 0) is 4.74 Å². The number of carboxylic acid groups (broad SMARTS) is 1. The molecule has 1 rings (SSSR count). The van der Waals surface area contributed by atoms with Crippen LogP contribution in [0.5, 0.6) is 0 Å². The minimum Gasteiger partial charge on any atom is -0.476 e. The molecule has 0 amide bonds. The number of anilines is 1. The van der Waals surface area contributed by atoms with Crippen LogP contribution in [0.4, 0.5) is 5.82 Å². The number of carboxylic acids is 1. The van der Waals surface area contributed by atoms with Gasteiger partial charge in [0.15, 0.2) is 5.69 Å². The van der Waals surface area contributed by atoms with Gasteiger partial charge in [-0.2, -0.15) is 0 Å². The summed E-state index contributed by atoms with van der Waals surface area (Å²) in [5, 5.41) is 9.19. The largest absolute Gasteiger partial charge is 0.476 e. The molecular formula is C13H19ClN2O3. The number of rotatable bonds is 7. The molecule has 0 aliphatic heterocycles. The topological polar surface area (TPSA) is 62.7 Å². The normalized spacial score (nSPS) is 10.8. The first kappa shape index (κ1) is 15.7. The van der Waals surface area contributed by atoms with E-state index in [1.807, 2.05) is 4.90 Å². The Morgan fingerprint density at radius 1 is 1.53 bits per heavy atom. The van der Waals surface area contributed by atoms with Gasteiger partial charge < -0.3 is 14.7 Å². The van der Waals surface area contributed by atoms with Crippen LogP contribution >= 0.6 is 11.6 Å². The first-order chi connectivity index (χ1) is 8.95. The molecule has 19 heavy (non-hydrogen) atoms. The monoisotopic (exact) mass is 286 g/mol. The van der Waals surface area contributed by atoms with Crippen molar-refractivity contribution in [2.45, 2.75) is 13.8 Å². The highest BCUT2D eigenvalue weighted by atomic mass is 35.5. The Bertz CT molecular complexity index is 438. The number of methoxy groups -OCH3 is 1. The van der Waals surface area contributed by atoms with E-state index in [0.717, 1.165) is 6.54 Å². The van der Waals surface area contributed by atoms with E-state index in [-0.39, 0.29) is 10.7 Å². The summed E-state index contributed by atoms with van der Waals surface area (Å²) in [6.07, 6.45) is 0. The van der Waals surface area contributed by atoms with Crippen LogP contribution in [-0.4, -0.2) is 42.9 Å². The van der Waals surface area contributed by atoms with E-state index in [0.29, 0.717) is 24.9 Å². The lowest BCUT2D eigenvalue weighted by Crippen LogP contribution is -2.32. The summed E-state index contributed by atoms with van der Waals surface area (Å²) in [7, 11) is 1.63. The van der Waals surface area contributed by atoms with Gasteiger partial charge in [0.2, 0.25) is 0 Å². The van der Waals surface area contributed by atoms with Crippen LogP contribution in [0.15, 0.2) is 12.1 Å². The lowest BCUT2D eigenvalue weighted by molar-refractivity contribution is 0.0691. The molecule has 0 fully saturated rings. The SMILES string of the molecule is COCCN(CC(C)C)c1ccc(Cl)c(C(=O)O)n1. The van der Waals surface area contributed by atoms with Gasteiger partial charge in [0.05, 0.1) is 11.6 Å². The van der Waals surface area contributed by atoms with Crippen molar-refractivity contribution >= 4 is 23.4 Å². The molecule has 6 heteroatoms. The standard InChI is InChI=1S/C13H19ClN2O3/c1-9(2)8-16(6-7-19-3)11-5-4-10(14)12(15-11)13(17)18/h4-5,9H,6-8H2,1-3H3,(H,17,18). The highest BCUT2D eigenvalue weighted by Gasteiger charge is 2.15. The minimum absolute atomic E-state index is 0.120. The molecule has 0 radical (unpaired) electrons. The van der Waals surface area contributed by atoms with E-state index in [9.17, 15) is 4.79 Å². The van der Waals surface area contributed by atoms with Crippen molar-refractivity contribution in [3.63, 3.8) is 0 Å². The molecule has 0 atom stereocenters. The average molecular weight is 287 g/mol. The van der Waals surface area contributed by atoms with Crippen LogP contribution in [0, 0.1) is 5.92 Å². The summed E-state index contributed by atoms with van der Waals surface area (Å²) < 4.78 is 5.06. The Hall–Kier alpha value is -1.33. The third-order valence-electron chi connectivity index (χ3n) is 2.51. The highest BCUT2D eigenvalue weighted by molar-refractivity contribution is 6.33. The molecule has 0 saturated heterocycles. The lowest BCUT2D eigenvalue weighted by atomic mass is 10.2. The van der Waals surface area contributed by atoms with Crippen molar-refractivity contribution in [1.82, 2.24) is 4.98 Å². The molecule has 0 aliphatic carbocycles. The molecular weight excluding hydrogens is 268 g/mol. The number of carbonyl (C=O) groups is 1. The first-order valence-electron chi connectivity index (χ1n) is 6.09. The number of hydrogen-bond acceptors (Lipinski definition) is 4. The molecule has 0 bridgehead atoms. The Morgan fingerprint density at radius 2 is 2.21 bits per heavy atom. The van der Waals surface area contributed by atoms with Crippen LogP contribution in [0.2, 0.25) is 5.02 Å². The van der Waals surface area contributed by atoms with Gasteiger partial charge in [-0.3, -0.25) is 0 Å². The summed E-state index contributed by atoms with van der Waals surface area (Å²) in [5.74, 6) is -0.0850. The van der Waals surface area contributed by atoms with Crippen molar-refractivity contribution in [3.8, 4) is 0 Å². The van der Waals surface area contributed by atoms with Crippen molar-refractivity contribution < 1.29 is 14.6 Å². The molecule has 1 aromatic rings. The van der Waals surface area contributed by atoms with E-state index < -0.39 is 5.97 Å². The second kappa shape index (κ2) is 7.31. The second-order valence-corrected chi connectivity index (χ2v) is 5.04. The maximum atomic E-state index is 11.0. The Balaban J connectivity index is 3.00. The maximum Gasteiger partial charge on any atom is 0.356 e. The van der Waals surface area contributed by atoms with Gasteiger partial charge in [0, 0.05) is 20.2 Å². The van der Waals surface area contributed by atoms with Crippen molar-refractivity contribution in [2.75, 3.05) is 31.7 Å². The van der Waals surface area contributed by atoms with Crippen molar-refractivity contribution in [2.24, 2.45) is 5.92 Å². The van der Waals surface area contributed by atoms with Gasteiger partial charge in [-0.05, 0) is 18.1 Å². The Morgan fingerprint density at radius 3 is 2.74 bits per heavy atom. The Labute approximate surface area is 118 Å². The molecule has 0 spiro atoms. The van der Waals surface area contributed by atoms with Gasteiger partial charge in [0.1, 0.15) is 5.82 Å². The zero-order valence-corrected chi connectivity index (χ0v) is 12.1. The zero-order chi connectivity index (χ0) is 14.4. The quantitative estimate of drug-likeness (QED) is 0.834. The molecule has 0 aliphatic rings. The van der Waals surface area contributed by atoms with Crippen LogP contribution in [0.25, 0.3) is 0 Å². The minimum atomic E-state index is -1.12. The van der Waals surface area contributed by atoms with Crippen LogP contribution < -0.4 is 4.90 Å². The van der Waals surface area contributed by atoms with Crippen molar-refractivity contribution in [3.05, 3.63) is 22.8 Å². The molecule has 1 heterocycles. The second-order valence-electron chi connectivity index (χ2n) is 4.64. The molecule has 1 N–H and O–H groups in total. The van der Waals surface area contributed by atoms with E-state index in [2.05, 4.69) is 18.8 Å². The highest BCUT2D eigenvalue weighted by Crippen LogP contribution is 2.20. The van der Waals surface area contributed by atoms with Gasteiger partial charge in [-0.1, -0.05) is 25.4 Å². The lowest BCUT2D eigenvalue weighted by Gasteiger charge is -2.25. The van der Waals surface area contributed by atoms with Crippen LogP contribution in [0.1, 0.15) is 24.3 Å². The fourth-order valence-electron chi connectivity index (χ4n) is 1.70. The molecule has 0 saturated carbocycles. The summed E-state index contributed by atoms with van der Waals surface area (Å²) in [5.41, 5.74) is -0.120. The Kier molecular flexibility index (Phi) is 6.05. The molecule has 0 unspecified atom stereocenters. The van der Waals surface area contributed by atoms with E-state index in [1.54, 1.807) is 19.2 Å². The van der Waals surface area contributed by atoms with Gasteiger partial charge in [-0.15, -0.1) is 0 Å². The first-order valence-corrected chi connectivity index (χ1v) is 6.47. The number of ether oxygens (including phenoxy) is 1. The van der Waals surface area contributed by atoms with E-state index in [4.69, 9.17) is 21.4 Å². The maximum absolute atomic E-state index is 11.0. The van der Waals surface area contributed by atoms with E-state index in [1.165, 1.54) is 0 Å². The number of nitrogens with zero attached hydrogens (tertiary/aromatic N) is 2. The zero-order valence-electron chi connectivity index (χ0n) is 11.4. The third-order valence-corrected chi connectivity index (χ3v) is 2.81. The summed E-state index contributed by atoms with van der Waals surface area (Å²) in [4.78, 5) is 17.2. The smallest absolute Gasteiger partial charge is 0.356 e. The third kappa shape index (κ3) is 4.69. The predicted octanol–water partition coefficient (Wildman–Crippen LogP) is 2.54. The summed E-state index contributed by atoms with van der Waals surface area (Å²) in [6, 6.07) is 3.29. The fraction of sp³-hybridized carbons (Fsp3) is 0.538. The summed E-state index contributed by atoms with van der Waals surface area (Å²) in [6.45, 7) is 6.17. The molecule has 5 nitrogen and oxygen atoms in total. The number of aromatic carboxylic acids is 1. The molecule has 0 aromatic carbocycles. The summed E-state index contributed by atoms with van der Waals surface area (Å²) >= 11 is 5.82. The van der Waals surface area contributed by atoms with Gasteiger partial charge in [-0.25, -0.2) is 9.78 Å². The number of aromatic nitrogens is 1. The van der Waals surface area contributed by atoms with Crippen LogP contribution in [0.3, 0.4) is 0 Å². The number of pyridine rings is 1. The fourth-order valence-corrected chi connectivity index (χ4v) is 1.89. The predicted molar refractivity (Wildman–Crippen MR) is 75.1 cm³/mol. The molecule has 1 aromatic heterocycles. The van der Waals surface area contributed by atoms with Gasteiger partial charge in [0.25, 0.3) is 0 Å². The van der Waals surface area contributed by atoms with Crippen molar-refractivity contribution in [1.29, 1.82) is 0 Å². The average Bonchev–Trinajstić information content (AvgIpc) is 2.34. The van der Waals surface area contributed by atoms with Gasteiger partial charge >= 0.3 is 5.97 Å². The number of hydrogen-bond donors (Lipinski definition) is 1. The molecule has 106 valence electrons. The number of halogens is 1.